The summed E-state index contributed by atoms with van der Waals surface area (Å²) in [6.45, 7) is 12.0. The molecule has 3 aromatic rings. The molecule has 0 aliphatic carbocycles. The molecule has 2 aromatic carbocycles. The maximum Gasteiger partial charge on any atom is 0.409 e. The molecule has 8 nitrogen and oxygen atoms in total. The molecule has 1 unspecified atom stereocenters. The third-order valence-electron chi connectivity index (χ3n) is 8.00. The Morgan fingerprint density at radius 1 is 1.12 bits per heavy atom. The average Bonchev–Trinajstić information content (AvgIpc) is 3.49. The fraction of sp³-hybridized carbons (Fsp3) is 0.375. The number of anilines is 1. The number of thiophene rings is 1. The molecule has 0 saturated heterocycles. The minimum Gasteiger partial charge on any atom is -0.493 e. The smallest absolute Gasteiger partial charge is 0.409 e. The lowest BCUT2D eigenvalue weighted by Gasteiger charge is -2.40. The van der Waals surface area contributed by atoms with Gasteiger partial charge in [-0.05, 0) is 64.1 Å². The summed E-state index contributed by atoms with van der Waals surface area (Å²) in [5.41, 5.74) is 3.59. The van der Waals surface area contributed by atoms with Crippen molar-refractivity contribution >= 4 is 42.9 Å². The molecular formula is C32H40N2O6SSi. The summed E-state index contributed by atoms with van der Waals surface area (Å²) in [4.78, 5) is 27.8. The largest absolute Gasteiger partial charge is 0.493 e. The molecule has 0 bridgehead atoms. The van der Waals surface area contributed by atoms with Crippen LogP contribution in [0.5, 0.6) is 11.5 Å². The molecule has 0 saturated carbocycles. The fourth-order valence-corrected chi connectivity index (χ4v) is 6.22. The molecule has 4 rings (SSSR count). The Morgan fingerprint density at radius 2 is 1.86 bits per heavy atom. The summed E-state index contributed by atoms with van der Waals surface area (Å²) in [5.74, 6) is 0.361. The monoisotopic (exact) mass is 608 g/mol. The number of carbonyl (C=O) groups excluding carboxylic acids is 1. The number of amides is 2. The molecule has 1 atom stereocenters. The Hall–Kier alpha value is -3.60. The van der Waals surface area contributed by atoms with Gasteiger partial charge in [-0.1, -0.05) is 57.2 Å². The second-order valence-electron chi connectivity index (χ2n) is 11.8. The SMILES string of the molecule is COc1cc(C(=O)N2CCC(c3ccsc3)=CC2CO[Si](C)(C)C(C)(C)C)c(NC(=O)O)cc1OCc1ccccc1. The van der Waals surface area contributed by atoms with Crippen LogP contribution in [0.2, 0.25) is 18.1 Å². The van der Waals surface area contributed by atoms with Gasteiger partial charge in [0.05, 0.1) is 31.0 Å². The van der Waals surface area contributed by atoms with Gasteiger partial charge in [0, 0.05) is 12.6 Å². The highest BCUT2D eigenvalue weighted by atomic mass is 32.1. The maximum atomic E-state index is 14.2. The molecule has 2 amide bonds. The van der Waals surface area contributed by atoms with E-state index >= 15 is 0 Å². The van der Waals surface area contributed by atoms with E-state index in [0.717, 1.165) is 11.1 Å². The second-order valence-corrected chi connectivity index (χ2v) is 17.4. The third kappa shape index (κ3) is 7.42. The lowest BCUT2D eigenvalue weighted by molar-refractivity contribution is 0.0655. The summed E-state index contributed by atoms with van der Waals surface area (Å²) in [6.07, 6.45) is 1.52. The molecule has 0 fully saturated rings. The van der Waals surface area contributed by atoms with Gasteiger partial charge in [-0.2, -0.15) is 11.3 Å². The zero-order chi connectivity index (χ0) is 30.5. The molecule has 42 heavy (non-hydrogen) atoms. The summed E-state index contributed by atoms with van der Waals surface area (Å²) in [5, 5.41) is 16.2. The Balaban J connectivity index is 1.68. The van der Waals surface area contributed by atoms with Gasteiger partial charge in [0.25, 0.3) is 5.91 Å². The molecule has 2 heterocycles. The maximum absolute atomic E-state index is 14.2. The van der Waals surface area contributed by atoms with Crippen molar-refractivity contribution in [3.63, 3.8) is 0 Å². The van der Waals surface area contributed by atoms with Crippen molar-refractivity contribution in [3.8, 4) is 11.5 Å². The van der Waals surface area contributed by atoms with Crippen molar-refractivity contribution < 1.29 is 28.6 Å². The first kappa shape index (κ1) is 31.3. The average molecular weight is 609 g/mol. The fourth-order valence-electron chi connectivity index (χ4n) is 4.52. The number of hydrogen-bond donors (Lipinski definition) is 2. The number of rotatable bonds is 10. The molecule has 1 aliphatic heterocycles. The van der Waals surface area contributed by atoms with E-state index in [4.69, 9.17) is 13.9 Å². The summed E-state index contributed by atoms with van der Waals surface area (Å²) < 4.78 is 18.2. The minimum atomic E-state index is -2.10. The molecular weight excluding hydrogens is 569 g/mol. The highest BCUT2D eigenvalue weighted by Crippen LogP contribution is 2.39. The Labute approximate surface area is 253 Å². The van der Waals surface area contributed by atoms with Crippen LogP contribution in [0, 0.1) is 0 Å². The quantitative estimate of drug-likeness (QED) is 0.229. The van der Waals surface area contributed by atoms with E-state index in [1.807, 2.05) is 35.7 Å². The molecule has 1 aliphatic rings. The predicted octanol–water partition coefficient (Wildman–Crippen LogP) is 7.75. The highest BCUT2D eigenvalue weighted by Gasteiger charge is 2.39. The van der Waals surface area contributed by atoms with E-state index in [1.54, 1.807) is 22.3 Å². The number of carboxylic acid groups (broad SMARTS) is 1. The molecule has 1 aromatic heterocycles. The van der Waals surface area contributed by atoms with Crippen molar-refractivity contribution in [2.24, 2.45) is 0 Å². The molecule has 224 valence electrons. The Morgan fingerprint density at radius 3 is 2.48 bits per heavy atom. The number of ether oxygens (including phenoxy) is 2. The Kier molecular flexibility index (Phi) is 9.81. The zero-order valence-electron chi connectivity index (χ0n) is 25.1. The topological polar surface area (TPSA) is 97.3 Å². The zero-order valence-corrected chi connectivity index (χ0v) is 26.9. The van der Waals surface area contributed by atoms with E-state index < -0.39 is 14.4 Å². The molecule has 0 radical (unpaired) electrons. The van der Waals surface area contributed by atoms with Crippen LogP contribution in [-0.4, -0.2) is 56.6 Å². The predicted molar refractivity (Wildman–Crippen MR) is 170 cm³/mol. The van der Waals surface area contributed by atoms with Crippen LogP contribution in [0.1, 0.15) is 48.7 Å². The van der Waals surface area contributed by atoms with Gasteiger partial charge in [-0.15, -0.1) is 0 Å². The van der Waals surface area contributed by atoms with Gasteiger partial charge in [-0.25, -0.2) is 4.79 Å². The number of hydrogen-bond acceptors (Lipinski definition) is 6. The van der Waals surface area contributed by atoms with Crippen LogP contribution in [-0.2, 0) is 11.0 Å². The van der Waals surface area contributed by atoms with Crippen molar-refractivity contribution in [2.75, 3.05) is 25.6 Å². The van der Waals surface area contributed by atoms with Gasteiger partial charge < -0.3 is 23.9 Å². The number of carbonyl (C=O) groups is 2. The van der Waals surface area contributed by atoms with Crippen LogP contribution in [0.25, 0.3) is 5.57 Å². The van der Waals surface area contributed by atoms with Gasteiger partial charge in [0.1, 0.15) is 6.61 Å². The van der Waals surface area contributed by atoms with Crippen molar-refractivity contribution in [1.82, 2.24) is 4.90 Å². The first-order chi connectivity index (χ1) is 19.9. The third-order valence-corrected chi connectivity index (χ3v) is 13.2. The van der Waals surface area contributed by atoms with Crippen molar-refractivity contribution in [1.29, 1.82) is 0 Å². The molecule has 0 spiro atoms. The van der Waals surface area contributed by atoms with E-state index in [9.17, 15) is 14.7 Å². The standard InChI is InChI=1S/C32H40N2O6SSi/c1-32(2,3)42(5,6)40-20-25-16-23(24-13-15-41-21-24)12-14-34(25)30(35)26-17-28(38-4)29(18-27(26)33-31(36)37)39-19-22-10-8-7-9-11-22/h7-11,13,15-18,21,25,33H,12,14,19-20H2,1-6H3,(H,36,37). The number of nitrogens with one attached hydrogen (secondary N) is 1. The minimum absolute atomic E-state index is 0.0118. The van der Waals surface area contributed by atoms with Crippen LogP contribution in [0.3, 0.4) is 0 Å². The first-order valence-corrected chi connectivity index (χ1v) is 17.8. The summed E-state index contributed by atoms with van der Waals surface area (Å²) in [7, 11) is -0.609. The first-order valence-electron chi connectivity index (χ1n) is 14.0. The van der Waals surface area contributed by atoms with Gasteiger partial charge >= 0.3 is 6.09 Å². The van der Waals surface area contributed by atoms with Crippen molar-refractivity contribution in [3.05, 3.63) is 82.1 Å². The van der Waals surface area contributed by atoms with E-state index in [0.29, 0.717) is 31.1 Å². The van der Waals surface area contributed by atoms with Gasteiger partial charge in [0.15, 0.2) is 19.8 Å². The lowest BCUT2D eigenvalue weighted by Crippen LogP contribution is -2.49. The number of methoxy groups -OCH3 is 1. The summed E-state index contributed by atoms with van der Waals surface area (Å²) in [6, 6.07) is 14.4. The van der Waals surface area contributed by atoms with E-state index in [-0.39, 0.29) is 34.8 Å². The van der Waals surface area contributed by atoms with Crippen LogP contribution >= 0.6 is 11.3 Å². The lowest BCUT2D eigenvalue weighted by atomic mass is 9.97. The second kappa shape index (κ2) is 13.1. The Bertz CT molecular complexity index is 1420. The number of nitrogens with zero attached hydrogens (tertiary/aromatic N) is 1. The highest BCUT2D eigenvalue weighted by molar-refractivity contribution is 7.08. The van der Waals surface area contributed by atoms with Crippen LogP contribution < -0.4 is 14.8 Å². The summed E-state index contributed by atoms with van der Waals surface area (Å²) >= 11 is 1.64. The van der Waals surface area contributed by atoms with Crippen LogP contribution in [0.4, 0.5) is 10.5 Å². The molecule has 2 N–H and O–H groups in total. The van der Waals surface area contributed by atoms with Gasteiger partial charge in [-0.3, -0.25) is 10.1 Å². The van der Waals surface area contributed by atoms with E-state index in [2.05, 4.69) is 56.7 Å². The molecule has 10 heteroatoms. The normalized spacial score (nSPS) is 15.6. The van der Waals surface area contributed by atoms with Gasteiger partial charge in [0.2, 0.25) is 0 Å². The number of benzene rings is 2. The van der Waals surface area contributed by atoms with Crippen molar-refractivity contribution in [2.45, 2.75) is 58.0 Å². The van der Waals surface area contributed by atoms with E-state index in [1.165, 1.54) is 18.7 Å². The van der Waals surface area contributed by atoms with Crippen LogP contribution in [0.15, 0.2) is 65.4 Å².